The van der Waals surface area contributed by atoms with Crippen LogP contribution in [0.25, 0.3) is 10.4 Å². The van der Waals surface area contributed by atoms with E-state index in [4.69, 9.17) is 4.74 Å². The lowest BCUT2D eigenvalue weighted by Crippen LogP contribution is -2.38. The molecule has 0 saturated carbocycles. The molecule has 0 saturated heterocycles. The van der Waals surface area contributed by atoms with E-state index in [0.29, 0.717) is 28.9 Å². The molecule has 0 amide bonds. The second kappa shape index (κ2) is 10.5. The van der Waals surface area contributed by atoms with Gasteiger partial charge in [0.15, 0.2) is 11.4 Å². The summed E-state index contributed by atoms with van der Waals surface area (Å²) in [5, 5.41) is 9.27. The van der Waals surface area contributed by atoms with Crippen LogP contribution in [0.15, 0.2) is 48.5 Å². The molecule has 3 rings (SSSR count). The highest BCUT2D eigenvalue weighted by molar-refractivity contribution is 7.15. The van der Waals surface area contributed by atoms with Crippen LogP contribution in [0.4, 0.5) is 13.2 Å². The summed E-state index contributed by atoms with van der Waals surface area (Å²) in [7, 11) is 0. The fraction of sp³-hybridized carbons (Fsp3) is 0.357. The first-order valence-electron chi connectivity index (χ1n) is 11.6. The Labute approximate surface area is 212 Å². The van der Waals surface area contributed by atoms with Gasteiger partial charge in [-0.05, 0) is 86.2 Å². The topological polar surface area (TPSA) is 63.6 Å². The molecule has 1 N–H and O–H groups in total. The van der Waals surface area contributed by atoms with Gasteiger partial charge in [-0.3, -0.25) is 4.79 Å². The van der Waals surface area contributed by atoms with Crippen molar-refractivity contribution in [2.75, 3.05) is 0 Å². The third kappa shape index (κ3) is 6.35. The molecule has 0 aliphatic carbocycles. The van der Waals surface area contributed by atoms with Crippen LogP contribution in [0.1, 0.15) is 72.0 Å². The molecule has 1 aromatic heterocycles. The van der Waals surface area contributed by atoms with Crippen LogP contribution in [-0.4, -0.2) is 22.5 Å². The van der Waals surface area contributed by atoms with Gasteiger partial charge in [0.2, 0.25) is 0 Å². The number of rotatable bonds is 9. The van der Waals surface area contributed by atoms with Crippen LogP contribution in [0.2, 0.25) is 0 Å². The summed E-state index contributed by atoms with van der Waals surface area (Å²) in [5.74, 6) is -0.540. The van der Waals surface area contributed by atoms with E-state index < -0.39 is 23.3 Å². The van der Waals surface area contributed by atoms with Crippen molar-refractivity contribution in [3.63, 3.8) is 0 Å². The average molecular weight is 519 g/mol. The number of ether oxygens (including phenoxy) is 1. The summed E-state index contributed by atoms with van der Waals surface area (Å²) in [6.07, 6.45) is -3.59. The van der Waals surface area contributed by atoms with Crippen LogP contribution < -0.4 is 4.74 Å². The minimum atomic E-state index is -4.38. The molecule has 0 atom stereocenters. The Balaban J connectivity index is 1.75. The third-order valence-corrected chi connectivity index (χ3v) is 7.18. The summed E-state index contributed by atoms with van der Waals surface area (Å²) in [6.45, 7) is 8.77. The molecule has 3 aromatic rings. The number of aryl methyl sites for hydroxylation is 2. The number of hydrogen-bond donors (Lipinski definition) is 1. The van der Waals surface area contributed by atoms with E-state index >= 15 is 0 Å². The van der Waals surface area contributed by atoms with Gasteiger partial charge in [-0.15, -0.1) is 11.3 Å². The van der Waals surface area contributed by atoms with Crippen molar-refractivity contribution in [1.29, 1.82) is 0 Å². The Bertz CT molecular complexity index is 1250. The smallest absolute Gasteiger partial charge is 0.416 e. The summed E-state index contributed by atoms with van der Waals surface area (Å²) in [6, 6.07) is 12.1. The molecule has 8 heteroatoms. The van der Waals surface area contributed by atoms with Crippen LogP contribution in [0, 0.1) is 6.92 Å². The molecule has 0 bridgehead atoms. The van der Waals surface area contributed by atoms with Gasteiger partial charge in [-0.2, -0.15) is 13.2 Å². The highest BCUT2D eigenvalue weighted by atomic mass is 32.1. The van der Waals surface area contributed by atoms with Gasteiger partial charge in [0, 0.05) is 21.7 Å². The lowest BCUT2D eigenvalue weighted by atomic mass is 9.98. The highest BCUT2D eigenvalue weighted by Crippen LogP contribution is 2.38. The normalized spacial score (nSPS) is 12.1. The molecule has 0 aliphatic heterocycles. The van der Waals surface area contributed by atoms with Crippen molar-refractivity contribution in [3.8, 4) is 16.2 Å². The monoisotopic (exact) mass is 518 g/mol. The second-order valence-corrected chi connectivity index (χ2v) is 10.7. The number of alkyl halides is 3. The fourth-order valence-corrected chi connectivity index (χ4v) is 5.04. The lowest BCUT2D eigenvalue weighted by molar-refractivity contribution is -0.152. The number of halogens is 3. The molecule has 0 spiro atoms. The van der Waals surface area contributed by atoms with Gasteiger partial charge in [-0.1, -0.05) is 26.0 Å². The third-order valence-electron chi connectivity index (χ3n) is 5.92. The maximum absolute atomic E-state index is 12.9. The molecule has 0 aliphatic rings. The SMILES string of the molecule is Cc1cc(C(=O)CCc2sc(-c3ccc(C(F)(F)F)cc3)cc2C(C)C)ccc1OC(C)(C)C(=O)O. The number of ketones is 1. The molecule has 0 radical (unpaired) electrons. The van der Waals surface area contributed by atoms with Crippen molar-refractivity contribution in [2.45, 2.75) is 65.2 Å². The summed E-state index contributed by atoms with van der Waals surface area (Å²) in [4.78, 5) is 26.2. The molecule has 2 aromatic carbocycles. The van der Waals surface area contributed by atoms with Crippen LogP contribution in [0.3, 0.4) is 0 Å². The van der Waals surface area contributed by atoms with Crippen molar-refractivity contribution in [3.05, 3.63) is 75.7 Å². The van der Waals surface area contributed by atoms with E-state index in [1.165, 1.54) is 37.3 Å². The zero-order valence-electron chi connectivity index (χ0n) is 20.8. The number of Topliss-reactive ketones (excluding diaryl/α,β-unsaturated/α-hetero) is 1. The predicted molar refractivity (Wildman–Crippen MR) is 135 cm³/mol. The van der Waals surface area contributed by atoms with Crippen molar-refractivity contribution < 1.29 is 32.6 Å². The van der Waals surface area contributed by atoms with Crippen LogP contribution in [0.5, 0.6) is 5.75 Å². The first kappa shape index (κ1) is 27.5. The Morgan fingerprint density at radius 1 is 1.03 bits per heavy atom. The van der Waals surface area contributed by atoms with E-state index in [9.17, 15) is 27.9 Å². The standard InChI is InChI=1S/C28H29F3O4S/c1-16(2)21-15-25(18-6-9-20(10-7-18)28(29,30)31)36-24(21)13-11-22(32)19-8-12-23(17(3)14-19)35-27(4,5)26(33)34/h6-10,12,14-16H,11,13H2,1-5H3,(H,33,34). The van der Waals surface area contributed by atoms with E-state index in [0.717, 1.165) is 27.5 Å². The zero-order valence-corrected chi connectivity index (χ0v) is 21.6. The molecule has 0 unspecified atom stereocenters. The number of carboxylic acids is 1. The predicted octanol–water partition coefficient (Wildman–Crippen LogP) is 7.92. The maximum Gasteiger partial charge on any atom is 0.416 e. The Hall–Kier alpha value is -3.13. The van der Waals surface area contributed by atoms with Crippen LogP contribution >= 0.6 is 11.3 Å². The van der Waals surface area contributed by atoms with Crippen molar-refractivity contribution >= 4 is 23.1 Å². The molecule has 4 nitrogen and oxygen atoms in total. The summed E-state index contributed by atoms with van der Waals surface area (Å²) in [5.41, 5.74) is 0.891. The number of benzene rings is 2. The van der Waals surface area contributed by atoms with Crippen molar-refractivity contribution in [2.24, 2.45) is 0 Å². The van der Waals surface area contributed by atoms with E-state index in [1.54, 1.807) is 25.1 Å². The second-order valence-electron chi connectivity index (χ2n) is 9.54. The number of aliphatic carboxylic acids is 1. The van der Waals surface area contributed by atoms with E-state index in [1.807, 2.05) is 19.9 Å². The van der Waals surface area contributed by atoms with Gasteiger partial charge in [0.25, 0.3) is 0 Å². The fourth-order valence-electron chi connectivity index (χ4n) is 3.72. The van der Waals surface area contributed by atoms with Crippen molar-refractivity contribution in [1.82, 2.24) is 0 Å². The molecule has 36 heavy (non-hydrogen) atoms. The molecular weight excluding hydrogens is 489 g/mol. The highest BCUT2D eigenvalue weighted by Gasteiger charge is 2.31. The molecule has 192 valence electrons. The minimum Gasteiger partial charge on any atom is -0.478 e. The van der Waals surface area contributed by atoms with E-state index in [2.05, 4.69) is 0 Å². The number of hydrogen-bond acceptors (Lipinski definition) is 4. The van der Waals surface area contributed by atoms with Gasteiger partial charge < -0.3 is 9.84 Å². The number of carbonyl (C=O) groups is 2. The first-order chi connectivity index (χ1) is 16.7. The van der Waals surface area contributed by atoms with Gasteiger partial charge in [-0.25, -0.2) is 4.79 Å². The number of carbonyl (C=O) groups excluding carboxylic acids is 1. The minimum absolute atomic E-state index is 0.0543. The number of carboxylic acid groups (broad SMARTS) is 1. The Morgan fingerprint density at radius 3 is 2.19 bits per heavy atom. The maximum atomic E-state index is 12.9. The first-order valence-corrected chi connectivity index (χ1v) is 12.4. The average Bonchev–Trinajstić information content (AvgIpc) is 3.23. The Morgan fingerprint density at radius 2 is 1.67 bits per heavy atom. The largest absolute Gasteiger partial charge is 0.478 e. The quantitative estimate of drug-likeness (QED) is 0.292. The van der Waals surface area contributed by atoms with Crippen LogP contribution in [-0.2, 0) is 17.4 Å². The summed E-state index contributed by atoms with van der Waals surface area (Å²) < 4.78 is 44.3. The van der Waals surface area contributed by atoms with E-state index in [-0.39, 0.29) is 18.1 Å². The van der Waals surface area contributed by atoms with Gasteiger partial charge in [0.1, 0.15) is 5.75 Å². The zero-order chi connectivity index (χ0) is 26.8. The summed E-state index contributed by atoms with van der Waals surface area (Å²) >= 11 is 1.50. The lowest BCUT2D eigenvalue weighted by Gasteiger charge is -2.23. The molecular formula is C28H29F3O4S. The molecule has 0 fully saturated rings. The number of thiophene rings is 1. The molecule has 1 heterocycles. The van der Waals surface area contributed by atoms with Gasteiger partial charge >= 0.3 is 12.1 Å². The van der Waals surface area contributed by atoms with Gasteiger partial charge in [0.05, 0.1) is 5.56 Å². The Kier molecular flexibility index (Phi) is 7.98.